The smallest absolute Gasteiger partial charge is 0.325 e. The summed E-state index contributed by atoms with van der Waals surface area (Å²) in [4.78, 5) is 23.4. The van der Waals surface area contributed by atoms with E-state index in [1.807, 2.05) is 25.1 Å². The molecule has 2 rings (SSSR count). The van der Waals surface area contributed by atoms with Crippen molar-refractivity contribution in [3.8, 4) is 5.75 Å². The first-order valence-electron chi connectivity index (χ1n) is 6.05. The van der Waals surface area contributed by atoms with Gasteiger partial charge in [-0.2, -0.15) is 0 Å². The summed E-state index contributed by atoms with van der Waals surface area (Å²) in [5, 5.41) is 12.2. The minimum Gasteiger partial charge on any atom is -0.497 e. The van der Waals surface area contributed by atoms with Crippen LogP contribution in [0.15, 0.2) is 18.2 Å². The van der Waals surface area contributed by atoms with E-state index in [-0.39, 0.29) is 5.91 Å². The van der Waals surface area contributed by atoms with Crippen molar-refractivity contribution in [2.75, 3.05) is 7.11 Å². The van der Waals surface area contributed by atoms with Crippen LogP contribution in [0.5, 0.6) is 5.75 Å². The number of carbonyl (C=O) groups excluding carboxylic acids is 1. The van der Waals surface area contributed by atoms with Gasteiger partial charge >= 0.3 is 5.97 Å². The van der Waals surface area contributed by atoms with Crippen LogP contribution in [0.4, 0.5) is 0 Å². The highest BCUT2D eigenvalue weighted by molar-refractivity contribution is 7.21. The third kappa shape index (κ3) is 2.60. The summed E-state index contributed by atoms with van der Waals surface area (Å²) < 4.78 is 6.14. The van der Waals surface area contributed by atoms with Crippen LogP contribution in [-0.2, 0) is 4.79 Å². The second-order valence-electron chi connectivity index (χ2n) is 4.45. The third-order valence-electron chi connectivity index (χ3n) is 3.07. The maximum absolute atomic E-state index is 12.1. The number of carboxylic acids is 1. The van der Waals surface area contributed by atoms with Crippen molar-refractivity contribution in [3.05, 3.63) is 28.6 Å². The van der Waals surface area contributed by atoms with Crippen LogP contribution in [0.1, 0.15) is 22.2 Å². The lowest BCUT2D eigenvalue weighted by molar-refractivity contribution is -0.138. The second-order valence-corrected chi connectivity index (χ2v) is 5.50. The zero-order valence-corrected chi connectivity index (χ0v) is 12.2. The lowest BCUT2D eigenvalue weighted by Crippen LogP contribution is -2.38. The van der Waals surface area contributed by atoms with Crippen molar-refractivity contribution in [1.82, 2.24) is 5.32 Å². The average molecular weight is 293 g/mol. The molecular weight excluding hydrogens is 278 g/mol. The Morgan fingerprint density at radius 3 is 2.70 bits per heavy atom. The normalized spacial score (nSPS) is 12.2. The van der Waals surface area contributed by atoms with Gasteiger partial charge in [-0.25, -0.2) is 0 Å². The van der Waals surface area contributed by atoms with Gasteiger partial charge in [-0.15, -0.1) is 11.3 Å². The Hall–Kier alpha value is -2.08. The van der Waals surface area contributed by atoms with Crippen molar-refractivity contribution in [1.29, 1.82) is 0 Å². The molecule has 1 aromatic heterocycles. The number of benzene rings is 1. The number of amides is 1. The number of aliphatic carboxylic acids is 1. The van der Waals surface area contributed by atoms with Gasteiger partial charge in [-0.1, -0.05) is 0 Å². The summed E-state index contributed by atoms with van der Waals surface area (Å²) in [6.45, 7) is 3.28. The zero-order valence-electron chi connectivity index (χ0n) is 11.4. The lowest BCUT2D eigenvalue weighted by atomic mass is 10.1. The van der Waals surface area contributed by atoms with E-state index >= 15 is 0 Å². The molecule has 1 atom stereocenters. The van der Waals surface area contributed by atoms with Gasteiger partial charge in [0.05, 0.1) is 12.0 Å². The van der Waals surface area contributed by atoms with E-state index in [2.05, 4.69) is 5.32 Å². The third-order valence-corrected chi connectivity index (χ3v) is 4.34. The van der Waals surface area contributed by atoms with Crippen molar-refractivity contribution in [2.24, 2.45) is 0 Å². The fourth-order valence-electron chi connectivity index (χ4n) is 1.87. The molecule has 20 heavy (non-hydrogen) atoms. The summed E-state index contributed by atoms with van der Waals surface area (Å²) in [5.41, 5.74) is 0.832. The molecule has 0 radical (unpaired) electrons. The van der Waals surface area contributed by atoms with E-state index in [1.165, 1.54) is 18.3 Å². The highest BCUT2D eigenvalue weighted by Gasteiger charge is 2.20. The maximum atomic E-state index is 12.1. The second kappa shape index (κ2) is 5.50. The fraction of sp³-hybridized carbons (Fsp3) is 0.286. The Balaban J connectivity index is 2.37. The van der Waals surface area contributed by atoms with E-state index in [4.69, 9.17) is 9.84 Å². The molecule has 2 N–H and O–H groups in total. The Kier molecular flexibility index (Phi) is 3.94. The van der Waals surface area contributed by atoms with Crippen LogP contribution < -0.4 is 10.1 Å². The molecule has 2 aromatic rings. The number of carbonyl (C=O) groups is 2. The lowest BCUT2D eigenvalue weighted by Gasteiger charge is -2.08. The Bertz CT molecular complexity index is 677. The van der Waals surface area contributed by atoms with Crippen LogP contribution in [-0.4, -0.2) is 30.1 Å². The van der Waals surface area contributed by atoms with Crippen LogP contribution in [0.25, 0.3) is 10.1 Å². The molecule has 0 spiro atoms. The van der Waals surface area contributed by atoms with Crippen LogP contribution >= 0.6 is 11.3 Å². The summed E-state index contributed by atoms with van der Waals surface area (Å²) in [5.74, 6) is -0.694. The SMILES string of the molecule is COc1ccc2sc(C(=O)N[C@H](C)C(=O)O)c(C)c2c1. The molecule has 6 heteroatoms. The number of hydrogen-bond acceptors (Lipinski definition) is 4. The summed E-state index contributed by atoms with van der Waals surface area (Å²) in [6.07, 6.45) is 0. The molecule has 0 bridgehead atoms. The minimum absolute atomic E-state index is 0.363. The molecule has 5 nitrogen and oxygen atoms in total. The van der Waals surface area contributed by atoms with E-state index in [1.54, 1.807) is 7.11 Å². The van der Waals surface area contributed by atoms with Gasteiger partial charge < -0.3 is 15.2 Å². The van der Waals surface area contributed by atoms with E-state index in [0.717, 1.165) is 21.4 Å². The summed E-state index contributed by atoms with van der Waals surface area (Å²) >= 11 is 1.34. The van der Waals surface area contributed by atoms with Gasteiger partial charge in [0.2, 0.25) is 0 Å². The summed E-state index contributed by atoms with van der Waals surface area (Å²) in [7, 11) is 1.59. The van der Waals surface area contributed by atoms with Crippen molar-refractivity contribution < 1.29 is 19.4 Å². The van der Waals surface area contributed by atoms with E-state index < -0.39 is 12.0 Å². The Labute approximate surface area is 120 Å². The van der Waals surface area contributed by atoms with Crippen LogP contribution in [0, 0.1) is 6.92 Å². The molecule has 0 aliphatic heterocycles. The molecule has 0 unspecified atom stereocenters. The molecular formula is C14H15NO4S. The number of carboxylic acid groups (broad SMARTS) is 1. The molecule has 1 aromatic carbocycles. The highest BCUT2D eigenvalue weighted by atomic mass is 32.1. The maximum Gasteiger partial charge on any atom is 0.325 e. The van der Waals surface area contributed by atoms with Gasteiger partial charge in [0, 0.05) is 4.70 Å². The van der Waals surface area contributed by atoms with E-state index in [9.17, 15) is 9.59 Å². The van der Waals surface area contributed by atoms with Crippen molar-refractivity contribution in [3.63, 3.8) is 0 Å². The molecule has 1 amide bonds. The Morgan fingerprint density at radius 1 is 1.40 bits per heavy atom. The molecule has 1 heterocycles. The van der Waals surface area contributed by atoms with Crippen LogP contribution in [0.2, 0.25) is 0 Å². The van der Waals surface area contributed by atoms with Crippen molar-refractivity contribution in [2.45, 2.75) is 19.9 Å². The number of hydrogen-bond donors (Lipinski definition) is 2. The number of aryl methyl sites for hydroxylation is 1. The molecule has 106 valence electrons. The first kappa shape index (κ1) is 14.3. The quantitative estimate of drug-likeness (QED) is 0.907. The average Bonchev–Trinajstić information content (AvgIpc) is 2.75. The largest absolute Gasteiger partial charge is 0.497 e. The minimum atomic E-state index is -1.06. The Morgan fingerprint density at radius 2 is 2.10 bits per heavy atom. The summed E-state index contributed by atoms with van der Waals surface area (Å²) in [6, 6.07) is 4.68. The monoisotopic (exact) mass is 293 g/mol. The predicted molar refractivity (Wildman–Crippen MR) is 77.7 cm³/mol. The highest BCUT2D eigenvalue weighted by Crippen LogP contribution is 2.33. The molecule has 0 saturated carbocycles. The van der Waals surface area contributed by atoms with Gasteiger partial charge in [0.15, 0.2) is 0 Å². The first-order valence-corrected chi connectivity index (χ1v) is 6.86. The fourth-order valence-corrected chi connectivity index (χ4v) is 2.96. The standard InChI is InChI=1S/C14H15NO4S/c1-7-10-6-9(19-3)4-5-11(10)20-12(7)13(16)15-8(2)14(17)18/h4-6,8H,1-3H3,(H,15,16)(H,17,18)/t8-/m1/s1. The van der Waals surface area contributed by atoms with E-state index in [0.29, 0.717) is 4.88 Å². The number of thiophene rings is 1. The van der Waals surface area contributed by atoms with Gasteiger partial charge in [0.25, 0.3) is 5.91 Å². The first-order chi connectivity index (χ1) is 9.43. The van der Waals surface area contributed by atoms with Gasteiger partial charge in [0.1, 0.15) is 11.8 Å². The number of methoxy groups -OCH3 is 1. The number of fused-ring (bicyclic) bond motifs is 1. The molecule has 0 aliphatic rings. The van der Waals surface area contributed by atoms with Crippen molar-refractivity contribution >= 4 is 33.3 Å². The number of nitrogens with one attached hydrogen (secondary N) is 1. The van der Waals surface area contributed by atoms with Gasteiger partial charge in [-0.05, 0) is 43.0 Å². The number of ether oxygens (including phenoxy) is 1. The zero-order chi connectivity index (χ0) is 14.9. The molecule has 0 saturated heterocycles. The topological polar surface area (TPSA) is 75.6 Å². The predicted octanol–water partition coefficient (Wildman–Crippen LogP) is 2.42. The van der Waals surface area contributed by atoms with Gasteiger partial charge in [-0.3, -0.25) is 9.59 Å². The number of rotatable bonds is 4. The van der Waals surface area contributed by atoms with Crippen LogP contribution in [0.3, 0.4) is 0 Å². The molecule has 0 fully saturated rings. The molecule has 0 aliphatic carbocycles.